The van der Waals surface area contributed by atoms with Crippen LogP contribution in [-0.4, -0.2) is 43.8 Å². The molecule has 1 fully saturated rings. The van der Waals surface area contributed by atoms with Crippen LogP contribution < -0.4 is 5.69 Å². The van der Waals surface area contributed by atoms with E-state index >= 15 is 0 Å². The van der Waals surface area contributed by atoms with E-state index in [0.717, 1.165) is 22.2 Å². The van der Waals surface area contributed by atoms with Crippen LogP contribution in [0.2, 0.25) is 10.0 Å². The molecule has 1 amide bonds. The van der Waals surface area contributed by atoms with E-state index in [1.54, 1.807) is 23.1 Å². The number of halogens is 2. The summed E-state index contributed by atoms with van der Waals surface area (Å²) >= 11 is 12.2. The van der Waals surface area contributed by atoms with E-state index in [4.69, 9.17) is 23.2 Å². The second kappa shape index (κ2) is 6.33. The maximum atomic E-state index is 12.5. The van der Waals surface area contributed by atoms with Gasteiger partial charge < -0.3 is 4.90 Å². The molecule has 23 heavy (non-hydrogen) atoms. The number of carbonyl (C=O) groups is 1. The van der Waals surface area contributed by atoms with Gasteiger partial charge in [0.25, 0.3) is 0 Å². The third-order valence-electron chi connectivity index (χ3n) is 3.84. The second-order valence-electron chi connectivity index (χ2n) is 5.63. The Labute approximate surface area is 142 Å². The molecule has 0 radical (unpaired) electrons. The van der Waals surface area contributed by atoms with Gasteiger partial charge in [0.1, 0.15) is 5.69 Å². The fourth-order valence-electron chi connectivity index (χ4n) is 2.70. The van der Waals surface area contributed by atoms with Crippen LogP contribution in [0.3, 0.4) is 0 Å². The van der Waals surface area contributed by atoms with Crippen LogP contribution in [0.15, 0.2) is 23.0 Å². The largest absolute Gasteiger partial charge is 0.377 e. The number of rotatable bonds is 1. The van der Waals surface area contributed by atoms with Crippen LogP contribution in [0, 0.1) is 5.92 Å². The van der Waals surface area contributed by atoms with E-state index in [1.165, 1.54) is 0 Å². The highest BCUT2D eigenvalue weighted by atomic mass is 35.5. The number of para-hydroxylation sites is 1. The molecule has 2 aromatic rings. The minimum Gasteiger partial charge on any atom is -0.322 e. The summed E-state index contributed by atoms with van der Waals surface area (Å²) in [7, 11) is 0. The van der Waals surface area contributed by atoms with Crippen LogP contribution in [0.1, 0.15) is 19.8 Å². The molecule has 1 unspecified atom stereocenters. The lowest BCUT2D eigenvalue weighted by molar-refractivity contribution is 0.167. The van der Waals surface area contributed by atoms with Crippen molar-refractivity contribution in [3.05, 3.63) is 38.7 Å². The van der Waals surface area contributed by atoms with Gasteiger partial charge in [-0.15, -0.1) is 4.68 Å². The zero-order chi connectivity index (χ0) is 16.6. The minimum absolute atomic E-state index is 0.215. The van der Waals surface area contributed by atoms with Crippen molar-refractivity contribution in [1.82, 2.24) is 24.7 Å². The molecule has 9 heteroatoms. The Morgan fingerprint density at radius 1 is 1.26 bits per heavy atom. The molecule has 1 atom stereocenters. The Bertz CT molecular complexity index is 780. The van der Waals surface area contributed by atoms with Crippen molar-refractivity contribution in [3.63, 3.8) is 0 Å². The molecular formula is C14H15Cl2N5O2. The molecule has 2 heterocycles. The number of tetrazole rings is 1. The molecule has 1 saturated heterocycles. The molecule has 7 nitrogen and oxygen atoms in total. The number of amides is 1. The number of benzene rings is 1. The zero-order valence-corrected chi connectivity index (χ0v) is 14.0. The zero-order valence-electron chi connectivity index (χ0n) is 12.4. The van der Waals surface area contributed by atoms with Gasteiger partial charge in [-0.05, 0) is 41.3 Å². The lowest BCUT2D eigenvalue weighted by atomic mass is 10.0. The Balaban J connectivity index is 1.97. The standard InChI is InChI=1S/C14H15Cl2N5O2/c1-9-4-3-7-19(8-9)13(22)21-14(23)20(17-18-21)12-10(15)5-2-6-11(12)16/h2,5-6,9H,3-4,7-8H2,1H3. The van der Waals surface area contributed by atoms with E-state index in [0.29, 0.717) is 19.0 Å². The highest BCUT2D eigenvalue weighted by Gasteiger charge is 2.26. The molecule has 0 bridgehead atoms. The molecule has 0 N–H and O–H groups in total. The fraction of sp³-hybridized carbons (Fsp3) is 0.429. The van der Waals surface area contributed by atoms with Gasteiger partial charge in [-0.25, -0.2) is 9.59 Å². The van der Waals surface area contributed by atoms with Gasteiger partial charge in [0.05, 0.1) is 10.0 Å². The van der Waals surface area contributed by atoms with Crippen molar-refractivity contribution < 1.29 is 4.79 Å². The first-order chi connectivity index (χ1) is 11.0. The topological polar surface area (TPSA) is 73.0 Å². The van der Waals surface area contributed by atoms with Gasteiger partial charge in [0.2, 0.25) is 0 Å². The molecule has 122 valence electrons. The van der Waals surface area contributed by atoms with E-state index in [9.17, 15) is 9.59 Å². The monoisotopic (exact) mass is 355 g/mol. The van der Waals surface area contributed by atoms with E-state index < -0.39 is 11.7 Å². The molecule has 1 aliphatic heterocycles. The lowest BCUT2D eigenvalue weighted by Crippen LogP contribution is -2.45. The molecule has 1 aliphatic rings. The van der Waals surface area contributed by atoms with Gasteiger partial charge in [-0.2, -0.15) is 4.68 Å². The number of hydrogen-bond acceptors (Lipinski definition) is 4. The van der Waals surface area contributed by atoms with Crippen molar-refractivity contribution >= 4 is 29.2 Å². The number of aromatic nitrogens is 4. The summed E-state index contributed by atoms with van der Waals surface area (Å²) in [4.78, 5) is 26.6. The maximum Gasteiger partial charge on any atom is 0.377 e. The van der Waals surface area contributed by atoms with E-state index in [1.807, 2.05) is 0 Å². The van der Waals surface area contributed by atoms with Gasteiger partial charge in [0, 0.05) is 13.1 Å². The Hall–Kier alpha value is -1.86. The lowest BCUT2D eigenvalue weighted by Gasteiger charge is -2.29. The average Bonchev–Trinajstić information content (AvgIpc) is 2.88. The summed E-state index contributed by atoms with van der Waals surface area (Å²) in [5.41, 5.74) is -0.477. The first-order valence-electron chi connectivity index (χ1n) is 7.27. The predicted molar refractivity (Wildman–Crippen MR) is 86.4 cm³/mol. The third-order valence-corrected chi connectivity index (χ3v) is 4.45. The Morgan fingerprint density at radius 2 is 1.96 bits per heavy atom. The predicted octanol–water partition coefficient (Wildman–Crippen LogP) is 2.44. The summed E-state index contributed by atoms with van der Waals surface area (Å²) in [5, 5.41) is 7.94. The smallest absolute Gasteiger partial charge is 0.322 e. The SMILES string of the molecule is CC1CCCN(C(=O)n2nnn(-c3c(Cl)cccc3Cl)c2=O)C1. The number of hydrogen-bond donors (Lipinski definition) is 0. The fourth-order valence-corrected chi connectivity index (χ4v) is 3.25. The molecule has 0 spiro atoms. The van der Waals surface area contributed by atoms with E-state index in [-0.39, 0.29) is 15.7 Å². The summed E-state index contributed by atoms with van der Waals surface area (Å²) in [6.07, 6.45) is 1.98. The van der Waals surface area contributed by atoms with Gasteiger partial charge in [-0.3, -0.25) is 0 Å². The van der Waals surface area contributed by atoms with Crippen LogP contribution in [0.5, 0.6) is 0 Å². The number of carbonyl (C=O) groups excluding carboxylic acids is 1. The molecule has 1 aromatic carbocycles. The summed E-state index contributed by atoms with van der Waals surface area (Å²) in [6, 6.07) is 4.35. The van der Waals surface area contributed by atoms with Gasteiger partial charge >= 0.3 is 11.7 Å². The van der Waals surface area contributed by atoms with Crippen LogP contribution >= 0.6 is 23.2 Å². The molecular weight excluding hydrogens is 341 g/mol. The quantitative estimate of drug-likeness (QED) is 0.736. The molecule has 3 rings (SSSR count). The van der Waals surface area contributed by atoms with Gasteiger partial charge in [0.15, 0.2) is 0 Å². The first kappa shape index (κ1) is 16.0. The summed E-state index contributed by atoms with van der Waals surface area (Å²) in [5.74, 6) is 0.399. The average molecular weight is 356 g/mol. The summed E-state index contributed by atoms with van der Waals surface area (Å²) in [6.45, 7) is 3.28. The van der Waals surface area contributed by atoms with Crippen LogP contribution in [-0.2, 0) is 0 Å². The molecule has 0 saturated carbocycles. The van der Waals surface area contributed by atoms with Crippen molar-refractivity contribution in [2.45, 2.75) is 19.8 Å². The van der Waals surface area contributed by atoms with Crippen LogP contribution in [0.4, 0.5) is 4.79 Å². The van der Waals surface area contributed by atoms with Crippen molar-refractivity contribution in [1.29, 1.82) is 0 Å². The molecule has 1 aromatic heterocycles. The number of likely N-dealkylation sites (tertiary alicyclic amines) is 1. The van der Waals surface area contributed by atoms with Crippen molar-refractivity contribution in [2.75, 3.05) is 13.1 Å². The van der Waals surface area contributed by atoms with E-state index in [2.05, 4.69) is 17.4 Å². The van der Waals surface area contributed by atoms with Crippen molar-refractivity contribution in [3.8, 4) is 5.69 Å². The normalized spacial score (nSPS) is 18.2. The Kier molecular flexibility index (Phi) is 4.41. The maximum absolute atomic E-state index is 12.5. The summed E-state index contributed by atoms with van der Waals surface area (Å²) < 4.78 is 1.69. The second-order valence-corrected chi connectivity index (χ2v) is 6.45. The molecule has 0 aliphatic carbocycles. The first-order valence-corrected chi connectivity index (χ1v) is 8.03. The third kappa shape index (κ3) is 2.98. The van der Waals surface area contributed by atoms with Gasteiger partial charge in [-0.1, -0.05) is 36.2 Å². The van der Waals surface area contributed by atoms with Crippen LogP contribution in [0.25, 0.3) is 5.69 Å². The highest BCUT2D eigenvalue weighted by Crippen LogP contribution is 2.26. The number of piperidine rings is 1. The number of nitrogens with zero attached hydrogens (tertiary/aromatic N) is 5. The highest BCUT2D eigenvalue weighted by molar-refractivity contribution is 6.37. The van der Waals surface area contributed by atoms with Crippen molar-refractivity contribution in [2.24, 2.45) is 5.92 Å². The minimum atomic E-state index is -0.691. The Morgan fingerprint density at radius 3 is 2.61 bits per heavy atom.